The first-order valence-corrected chi connectivity index (χ1v) is 10.7. The van der Waals surface area contributed by atoms with Gasteiger partial charge in [0.05, 0.1) is 24.8 Å². The van der Waals surface area contributed by atoms with Gasteiger partial charge < -0.3 is 30.2 Å². The number of urea groups is 1. The van der Waals surface area contributed by atoms with E-state index in [1.54, 1.807) is 39.0 Å². The van der Waals surface area contributed by atoms with E-state index in [9.17, 15) is 18.8 Å². The van der Waals surface area contributed by atoms with Crippen molar-refractivity contribution in [2.45, 2.75) is 26.8 Å². The van der Waals surface area contributed by atoms with Crippen LogP contribution < -0.4 is 25.4 Å². The molecule has 34 heavy (non-hydrogen) atoms. The number of allylic oxidation sites excluding steroid dienone is 1. The topological polar surface area (TPSA) is 115 Å². The van der Waals surface area contributed by atoms with E-state index in [0.29, 0.717) is 35.1 Å². The average molecular weight is 471 g/mol. The smallest absolute Gasteiger partial charge is 0.338 e. The molecule has 1 aliphatic heterocycles. The van der Waals surface area contributed by atoms with Gasteiger partial charge in [-0.15, -0.1) is 0 Å². The van der Waals surface area contributed by atoms with Crippen molar-refractivity contribution in [2.24, 2.45) is 0 Å². The molecule has 9 nitrogen and oxygen atoms in total. The molecular weight excluding hydrogens is 445 g/mol. The Morgan fingerprint density at radius 1 is 1.03 bits per heavy atom. The minimum absolute atomic E-state index is 0.188. The molecule has 0 bridgehead atoms. The molecule has 3 N–H and O–H groups in total. The second-order valence-electron chi connectivity index (χ2n) is 7.27. The van der Waals surface area contributed by atoms with Crippen LogP contribution in [0, 0.1) is 5.82 Å². The predicted octanol–water partition coefficient (Wildman–Crippen LogP) is 3.43. The van der Waals surface area contributed by atoms with Crippen LogP contribution in [0.3, 0.4) is 0 Å². The van der Waals surface area contributed by atoms with Crippen LogP contribution in [-0.2, 0) is 14.3 Å². The van der Waals surface area contributed by atoms with Gasteiger partial charge in [0.2, 0.25) is 0 Å². The van der Waals surface area contributed by atoms with E-state index >= 15 is 0 Å². The molecule has 0 spiro atoms. The molecule has 0 radical (unpaired) electrons. The number of carbonyl (C=O) groups is 3. The highest BCUT2D eigenvalue weighted by molar-refractivity contribution is 5.95. The second-order valence-corrected chi connectivity index (χ2v) is 7.27. The van der Waals surface area contributed by atoms with E-state index in [0.717, 1.165) is 0 Å². The van der Waals surface area contributed by atoms with E-state index in [4.69, 9.17) is 14.2 Å². The number of benzene rings is 2. The van der Waals surface area contributed by atoms with Crippen molar-refractivity contribution in [3.8, 4) is 11.5 Å². The Morgan fingerprint density at radius 3 is 2.44 bits per heavy atom. The molecule has 2 aromatic carbocycles. The summed E-state index contributed by atoms with van der Waals surface area (Å²) in [6, 6.07) is 9.05. The van der Waals surface area contributed by atoms with E-state index in [-0.39, 0.29) is 18.8 Å². The molecule has 0 saturated carbocycles. The first-order chi connectivity index (χ1) is 16.3. The fraction of sp³-hybridized carbons (Fsp3) is 0.292. The number of ether oxygens (including phenoxy) is 3. The molecule has 1 heterocycles. The van der Waals surface area contributed by atoms with Crippen molar-refractivity contribution in [3.63, 3.8) is 0 Å². The number of esters is 1. The van der Waals surface area contributed by atoms with Gasteiger partial charge >= 0.3 is 12.0 Å². The first-order valence-electron chi connectivity index (χ1n) is 10.7. The maximum absolute atomic E-state index is 13.0. The summed E-state index contributed by atoms with van der Waals surface area (Å²) < 4.78 is 29.5. The lowest BCUT2D eigenvalue weighted by molar-refractivity contribution is -0.139. The lowest BCUT2D eigenvalue weighted by atomic mass is 9.95. The maximum Gasteiger partial charge on any atom is 0.338 e. The maximum atomic E-state index is 13.0. The van der Waals surface area contributed by atoms with Crippen molar-refractivity contribution in [1.29, 1.82) is 0 Å². The number of carbonyl (C=O) groups excluding carboxylic acids is 3. The third-order valence-corrected chi connectivity index (χ3v) is 4.85. The number of anilines is 1. The Morgan fingerprint density at radius 2 is 1.76 bits per heavy atom. The minimum Gasteiger partial charge on any atom is -0.490 e. The quantitative estimate of drug-likeness (QED) is 0.483. The summed E-state index contributed by atoms with van der Waals surface area (Å²) in [5, 5.41) is 7.92. The monoisotopic (exact) mass is 471 g/mol. The largest absolute Gasteiger partial charge is 0.490 e. The summed E-state index contributed by atoms with van der Waals surface area (Å²) in [5.41, 5.74) is 1.67. The molecule has 180 valence electrons. The molecule has 0 unspecified atom stereocenters. The zero-order chi connectivity index (χ0) is 24.7. The Bertz CT molecular complexity index is 1100. The lowest BCUT2D eigenvalue weighted by Gasteiger charge is -2.28. The van der Waals surface area contributed by atoms with E-state index in [2.05, 4.69) is 16.0 Å². The molecule has 10 heteroatoms. The molecule has 2 aromatic rings. The normalized spacial score (nSPS) is 15.2. The van der Waals surface area contributed by atoms with Gasteiger partial charge in [0, 0.05) is 11.4 Å². The Kier molecular flexibility index (Phi) is 8.07. The molecule has 1 aliphatic rings. The summed E-state index contributed by atoms with van der Waals surface area (Å²) in [5.74, 6) is -0.751. The van der Waals surface area contributed by atoms with Gasteiger partial charge in [-0.2, -0.15) is 0 Å². The Balaban J connectivity index is 1.79. The fourth-order valence-electron chi connectivity index (χ4n) is 3.39. The van der Waals surface area contributed by atoms with Gasteiger partial charge in [-0.3, -0.25) is 4.79 Å². The number of hydrogen-bond donors (Lipinski definition) is 3. The van der Waals surface area contributed by atoms with Crippen molar-refractivity contribution in [3.05, 3.63) is 65.1 Å². The van der Waals surface area contributed by atoms with Gasteiger partial charge in [-0.25, -0.2) is 14.0 Å². The molecule has 0 fully saturated rings. The molecular formula is C24H26FN3O6. The summed E-state index contributed by atoms with van der Waals surface area (Å²) in [6.45, 7) is 5.31. The summed E-state index contributed by atoms with van der Waals surface area (Å²) in [6.07, 6.45) is 0. The van der Waals surface area contributed by atoms with Crippen LogP contribution in [0.4, 0.5) is 14.9 Å². The zero-order valence-electron chi connectivity index (χ0n) is 19.1. The Labute approximate surface area is 196 Å². The molecule has 3 rings (SSSR count). The SMILES string of the molecule is CCOC(=O)C1=C(C)NC(=O)N[C@H]1c1ccc(OCC(=O)Nc2ccc(F)cc2)c(OCC)c1. The standard InChI is InChI=1S/C24H26FN3O6/c1-4-32-19-12-15(22-21(23(30)33-5-2)14(3)26-24(31)28-22)6-11-18(19)34-13-20(29)27-17-9-7-16(25)8-10-17/h6-12,22H,4-5,13H2,1-3H3,(H,27,29)(H2,26,28,31)/t22-/m0/s1. The minimum atomic E-state index is -0.761. The van der Waals surface area contributed by atoms with Crippen LogP contribution in [0.2, 0.25) is 0 Å². The van der Waals surface area contributed by atoms with Gasteiger partial charge in [0.25, 0.3) is 5.91 Å². The summed E-state index contributed by atoms with van der Waals surface area (Å²) in [7, 11) is 0. The molecule has 3 amide bonds. The molecule has 0 aliphatic carbocycles. The molecule has 1 atom stereocenters. The van der Waals surface area contributed by atoms with Crippen LogP contribution in [0.5, 0.6) is 11.5 Å². The number of nitrogens with one attached hydrogen (secondary N) is 3. The Hall–Kier alpha value is -4.08. The van der Waals surface area contributed by atoms with Gasteiger partial charge in [0.15, 0.2) is 18.1 Å². The van der Waals surface area contributed by atoms with Gasteiger partial charge in [-0.05, 0) is 62.7 Å². The van der Waals surface area contributed by atoms with E-state index in [1.807, 2.05) is 0 Å². The van der Waals surface area contributed by atoms with Crippen LogP contribution in [0.25, 0.3) is 0 Å². The summed E-state index contributed by atoms with van der Waals surface area (Å²) >= 11 is 0. The van der Waals surface area contributed by atoms with Crippen molar-refractivity contribution in [2.75, 3.05) is 25.1 Å². The molecule has 0 aromatic heterocycles. The lowest BCUT2D eigenvalue weighted by Crippen LogP contribution is -2.45. The van der Waals surface area contributed by atoms with Crippen molar-refractivity contribution in [1.82, 2.24) is 10.6 Å². The third-order valence-electron chi connectivity index (χ3n) is 4.85. The zero-order valence-corrected chi connectivity index (χ0v) is 19.1. The predicted molar refractivity (Wildman–Crippen MR) is 122 cm³/mol. The highest BCUT2D eigenvalue weighted by Crippen LogP contribution is 2.35. The highest BCUT2D eigenvalue weighted by atomic mass is 19.1. The van der Waals surface area contributed by atoms with Crippen molar-refractivity contribution >= 4 is 23.6 Å². The first kappa shape index (κ1) is 24.6. The highest BCUT2D eigenvalue weighted by Gasteiger charge is 2.32. The van der Waals surface area contributed by atoms with Crippen LogP contribution >= 0.6 is 0 Å². The van der Waals surface area contributed by atoms with Crippen molar-refractivity contribution < 1.29 is 33.0 Å². The number of halogens is 1. The summed E-state index contributed by atoms with van der Waals surface area (Å²) in [4.78, 5) is 36.8. The van der Waals surface area contributed by atoms with Gasteiger partial charge in [0.1, 0.15) is 5.82 Å². The number of hydrogen-bond acceptors (Lipinski definition) is 6. The fourth-order valence-corrected chi connectivity index (χ4v) is 3.39. The van der Waals surface area contributed by atoms with Crippen LogP contribution in [-0.4, -0.2) is 37.7 Å². The second kappa shape index (κ2) is 11.2. The molecule has 0 saturated heterocycles. The van der Waals surface area contributed by atoms with Gasteiger partial charge in [-0.1, -0.05) is 6.07 Å². The number of rotatable bonds is 9. The third kappa shape index (κ3) is 6.03. The average Bonchev–Trinajstić information content (AvgIpc) is 2.79. The van der Waals surface area contributed by atoms with E-state index in [1.165, 1.54) is 24.3 Å². The number of amides is 3. The van der Waals surface area contributed by atoms with E-state index < -0.39 is 29.8 Å². The van der Waals surface area contributed by atoms with Crippen LogP contribution in [0.15, 0.2) is 53.7 Å². The van der Waals surface area contributed by atoms with Crippen LogP contribution in [0.1, 0.15) is 32.4 Å².